The number of hydrogen-bond donors (Lipinski definition) is 2. The van der Waals surface area contributed by atoms with Gasteiger partial charge in [-0.05, 0) is 48.0 Å². The SMILES string of the molecule is COc1ccc(C(=O)Nc2ccccc2)cc1NCc1ccc(OC(C)=O)cc1. The van der Waals surface area contributed by atoms with Gasteiger partial charge < -0.3 is 20.1 Å². The Morgan fingerprint density at radius 1 is 0.931 bits per heavy atom. The molecular formula is C23H22N2O4. The Kier molecular flexibility index (Phi) is 6.47. The number of esters is 1. The van der Waals surface area contributed by atoms with Gasteiger partial charge in [0, 0.05) is 24.7 Å². The Bertz CT molecular complexity index is 986. The standard InChI is InChI=1S/C23H22N2O4/c1-16(26)29-20-11-8-17(9-12-20)15-24-21-14-18(10-13-22(21)28-2)23(27)25-19-6-4-3-5-7-19/h3-14,24H,15H2,1-2H3,(H,25,27). The molecule has 6 heteroatoms. The highest BCUT2D eigenvalue weighted by Crippen LogP contribution is 2.27. The van der Waals surface area contributed by atoms with Crippen molar-refractivity contribution in [3.8, 4) is 11.5 Å². The Labute approximate surface area is 169 Å². The van der Waals surface area contributed by atoms with E-state index in [-0.39, 0.29) is 11.9 Å². The Morgan fingerprint density at radius 2 is 1.66 bits per heavy atom. The summed E-state index contributed by atoms with van der Waals surface area (Å²) < 4.78 is 10.4. The van der Waals surface area contributed by atoms with Crippen molar-refractivity contribution in [2.45, 2.75) is 13.5 Å². The summed E-state index contributed by atoms with van der Waals surface area (Å²) in [5.74, 6) is 0.579. The minimum Gasteiger partial charge on any atom is -0.495 e. The Hall–Kier alpha value is -3.80. The van der Waals surface area contributed by atoms with E-state index in [1.165, 1.54) is 6.92 Å². The van der Waals surface area contributed by atoms with E-state index in [0.717, 1.165) is 11.3 Å². The first kappa shape index (κ1) is 19.9. The molecule has 0 aliphatic heterocycles. The van der Waals surface area contributed by atoms with E-state index in [0.29, 0.717) is 29.3 Å². The van der Waals surface area contributed by atoms with Gasteiger partial charge in [0.05, 0.1) is 12.8 Å². The number of rotatable bonds is 7. The molecule has 0 aliphatic carbocycles. The van der Waals surface area contributed by atoms with Gasteiger partial charge in [-0.3, -0.25) is 9.59 Å². The molecule has 3 aromatic rings. The lowest BCUT2D eigenvalue weighted by Crippen LogP contribution is -2.12. The van der Waals surface area contributed by atoms with E-state index in [2.05, 4.69) is 10.6 Å². The highest BCUT2D eigenvalue weighted by molar-refractivity contribution is 6.05. The summed E-state index contributed by atoms with van der Waals surface area (Å²) in [5, 5.41) is 6.16. The van der Waals surface area contributed by atoms with Gasteiger partial charge in [-0.2, -0.15) is 0 Å². The number of hydrogen-bond acceptors (Lipinski definition) is 5. The molecule has 0 atom stereocenters. The first-order valence-corrected chi connectivity index (χ1v) is 9.11. The number of carbonyl (C=O) groups excluding carboxylic acids is 2. The van der Waals surface area contributed by atoms with Crippen LogP contribution in [0.25, 0.3) is 0 Å². The van der Waals surface area contributed by atoms with Crippen molar-refractivity contribution in [1.82, 2.24) is 0 Å². The zero-order valence-electron chi connectivity index (χ0n) is 16.3. The van der Waals surface area contributed by atoms with E-state index < -0.39 is 0 Å². The second-order valence-electron chi connectivity index (χ2n) is 6.33. The lowest BCUT2D eigenvalue weighted by molar-refractivity contribution is -0.131. The van der Waals surface area contributed by atoms with Gasteiger partial charge in [-0.25, -0.2) is 0 Å². The molecule has 0 spiro atoms. The van der Waals surface area contributed by atoms with Crippen LogP contribution in [0.1, 0.15) is 22.8 Å². The lowest BCUT2D eigenvalue weighted by atomic mass is 10.1. The molecule has 0 saturated heterocycles. The summed E-state index contributed by atoms with van der Waals surface area (Å²) in [6, 6.07) is 21.7. The Morgan fingerprint density at radius 3 is 2.31 bits per heavy atom. The predicted molar refractivity (Wildman–Crippen MR) is 112 cm³/mol. The van der Waals surface area contributed by atoms with Crippen molar-refractivity contribution < 1.29 is 19.1 Å². The largest absolute Gasteiger partial charge is 0.495 e. The molecular weight excluding hydrogens is 368 g/mol. The number of anilines is 2. The molecule has 0 aliphatic rings. The number of amides is 1. The molecule has 0 heterocycles. The second-order valence-corrected chi connectivity index (χ2v) is 6.33. The molecule has 6 nitrogen and oxygen atoms in total. The van der Waals surface area contributed by atoms with Crippen LogP contribution in [-0.4, -0.2) is 19.0 Å². The van der Waals surface area contributed by atoms with Crippen molar-refractivity contribution in [2.24, 2.45) is 0 Å². The van der Waals surface area contributed by atoms with Crippen LogP contribution in [0, 0.1) is 0 Å². The van der Waals surface area contributed by atoms with Crippen LogP contribution in [0.5, 0.6) is 11.5 Å². The van der Waals surface area contributed by atoms with Gasteiger partial charge in [0.1, 0.15) is 11.5 Å². The third-order valence-electron chi connectivity index (χ3n) is 4.16. The summed E-state index contributed by atoms with van der Waals surface area (Å²) in [6.07, 6.45) is 0. The monoisotopic (exact) mass is 390 g/mol. The number of carbonyl (C=O) groups is 2. The summed E-state index contributed by atoms with van der Waals surface area (Å²) >= 11 is 0. The van der Waals surface area contributed by atoms with Gasteiger partial charge in [0.15, 0.2) is 0 Å². The van der Waals surface area contributed by atoms with Crippen LogP contribution < -0.4 is 20.1 Å². The van der Waals surface area contributed by atoms with E-state index in [1.54, 1.807) is 37.4 Å². The molecule has 0 bridgehead atoms. The minimum absolute atomic E-state index is 0.201. The summed E-state index contributed by atoms with van der Waals surface area (Å²) in [4.78, 5) is 23.5. The fraction of sp³-hybridized carbons (Fsp3) is 0.130. The normalized spacial score (nSPS) is 10.1. The van der Waals surface area contributed by atoms with Crippen molar-refractivity contribution in [3.05, 3.63) is 83.9 Å². The molecule has 3 aromatic carbocycles. The minimum atomic E-state index is -0.355. The third kappa shape index (κ3) is 5.59. The molecule has 3 rings (SSSR count). The van der Waals surface area contributed by atoms with Crippen LogP contribution >= 0.6 is 0 Å². The van der Waals surface area contributed by atoms with Crippen LogP contribution in [-0.2, 0) is 11.3 Å². The van der Waals surface area contributed by atoms with E-state index in [1.807, 2.05) is 42.5 Å². The molecule has 0 saturated carbocycles. The van der Waals surface area contributed by atoms with E-state index in [4.69, 9.17) is 9.47 Å². The average Bonchev–Trinajstić information content (AvgIpc) is 2.73. The number of benzene rings is 3. The van der Waals surface area contributed by atoms with Crippen LogP contribution in [0.15, 0.2) is 72.8 Å². The maximum atomic E-state index is 12.5. The zero-order valence-corrected chi connectivity index (χ0v) is 16.3. The number of nitrogens with one attached hydrogen (secondary N) is 2. The maximum Gasteiger partial charge on any atom is 0.308 e. The van der Waals surface area contributed by atoms with E-state index >= 15 is 0 Å². The fourth-order valence-electron chi connectivity index (χ4n) is 2.75. The molecule has 148 valence electrons. The molecule has 0 fully saturated rings. The second kappa shape index (κ2) is 9.41. The summed E-state index contributed by atoms with van der Waals surface area (Å²) in [6.45, 7) is 1.88. The predicted octanol–water partition coefficient (Wildman–Crippen LogP) is 4.48. The quantitative estimate of drug-likeness (QED) is 0.459. The van der Waals surface area contributed by atoms with Crippen LogP contribution in [0.4, 0.5) is 11.4 Å². The van der Waals surface area contributed by atoms with Gasteiger partial charge in [-0.1, -0.05) is 30.3 Å². The van der Waals surface area contributed by atoms with Crippen molar-refractivity contribution in [3.63, 3.8) is 0 Å². The molecule has 2 N–H and O–H groups in total. The Balaban J connectivity index is 1.70. The van der Waals surface area contributed by atoms with Crippen molar-refractivity contribution in [2.75, 3.05) is 17.7 Å². The summed E-state index contributed by atoms with van der Waals surface area (Å²) in [7, 11) is 1.58. The van der Waals surface area contributed by atoms with Gasteiger partial charge in [0.2, 0.25) is 0 Å². The average molecular weight is 390 g/mol. The highest BCUT2D eigenvalue weighted by Gasteiger charge is 2.11. The molecule has 0 aromatic heterocycles. The fourth-order valence-corrected chi connectivity index (χ4v) is 2.75. The molecule has 1 amide bonds. The smallest absolute Gasteiger partial charge is 0.308 e. The van der Waals surface area contributed by atoms with Gasteiger partial charge >= 0.3 is 5.97 Å². The highest BCUT2D eigenvalue weighted by atomic mass is 16.5. The maximum absolute atomic E-state index is 12.5. The third-order valence-corrected chi connectivity index (χ3v) is 4.16. The van der Waals surface area contributed by atoms with Gasteiger partial charge in [-0.15, -0.1) is 0 Å². The van der Waals surface area contributed by atoms with Crippen LogP contribution in [0.3, 0.4) is 0 Å². The molecule has 0 radical (unpaired) electrons. The molecule has 29 heavy (non-hydrogen) atoms. The van der Waals surface area contributed by atoms with Crippen LogP contribution in [0.2, 0.25) is 0 Å². The van der Waals surface area contributed by atoms with Crippen molar-refractivity contribution >= 4 is 23.3 Å². The van der Waals surface area contributed by atoms with Gasteiger partial charge in [0.25, 0.3) is 5.91 Å². The zero-order chi connectivity index (χ0) is 20.6. The summed E-state index contributed by atoms with van der Waals surface area (Å²) in [5.41, 5.74) is 2.94. The van der Waals surface area contributed by atoms with E-state index in [9.17, 15) is 9.59 Å². The number of ether oxygens (including phenoxy) is 2. The first-order chi connectivity index (χ1) is 14.0. The van der Waals surface area contributed by atoms with Crippen molar-refractivity contribution in [1.29, 1.82) is 0 Å². The number of methoxy groups -OCH3 is 1. The topological polar surface area (TPSA) is 76.7 Å². The first-order valence-electron chi connectivity index (χ1n) is 9.11. The molecule has 0 unspecified atom stereocenters. The number of para-hydroxylation sites is 1. The lowest BCUT2D eigenvalue weighted by Gasteiger charge is -2.13.